The van der Waals surface area contributed by atoms with Crippen LogP contribution in [-0.2, 0) is 30.5 Å². The van der Waals surface area contributed by atoms with Gasteiger partial charge in [0.1, 0.15) is 24.2 Å². The van der Waals surface area contributed by atoms with E-state index >= 15 is 0 Å². The van der Waals surface area contributed by atoms with Gasteiger partial charge < -0.3 is 30.5 Å². The van der Waals surface area contributed by atoms with E-state index in [0.29, 0.717) is 25.9 Å². The number of amides is 4. The van der Waals surface area contributed by atoms with Crippen LogP contribution >= 0.6 is 0 Å². The van der Waals surface area contributed by atoms with Crippen molar-refractivity contribution in [2.75, 3.05) is 6.54 Å². The van der Waals surface area contributed by atoms with Crippen LogP contribution in [-0.4, -0.2) is 74.9 Å². The van der Waals surface area contributed by atoms with E-state index in [1.165, 1.54) is 11.8 Å². The summed E-state index contributed by atoms with van der Waals surface area (Å²) in [7, 11) is 0. The molecule has 11 nitrogen and oxygen atoms in total. The Morgan fingerprint density at radius 1 is 0.857 bits per heavy atom. The number of carboxylic acids is 1. The Kier molecular flexibility index (Phi) is 9.49. The van der Waals surface area contributed by atoms with E-state index in [9.17, 15) is 29.1 Å². The van der Waals surface area contributed by atoms with Crippen molar-refractivity contribution in [2.45, 2.75) is 77.7 Å². The largest absolute Gasteiger partial charge is 0.480 e. The Morgan fingerprint density at radius 2 is 1.45 bits per heavy atom. The van der Waals surface area contributed by atoms with E-state index in [0.717, 1.165) is 21.8 Å². The lowest BCUT2D eigenvalue weighted by molar-refractivity contribution is -0.145. The van der Waals surface area contributed by atoms with Gasteiger partial charge in [-0.1, -0.05) is 50.2 Å². The lowest BCUT2D eigenvalue weighted by Crippen LogP contribution is -2.56. The van der Waals surface area contributed by atoms with Crippen LogP contribution in [0.3, 0.4) is 0 Å². The van der Waals surface area contributed by atoms with Crippen molar-refractivity contribution < 1.29 is 29.1 Å². The Labute approximate surface area is 244 Å². The fraction of sp³-hybridized carbons (Fsp3) is 0.452. The number of para-hydroxylation sites is 2. The van der Waals surface area contributed by atoms with Crippen LogP contribution in [0, 0.1) is 5.92 Å². The first-order valence-electron chi connectivity index (χ1n) is 14.4. The van der Waals surface area contributed by atoms with E-state index in [4.69, 9.17) is 0 Å². The van der Waals surface area contributed by atoms with Crippen LogP contribution in [0.4, 0.5) is 0 Å². The minimum atomic E-state index is -1.14. The number of carbonyl (C=O) groups is 5. The number of hydrogen-bond acceptors (Lipinski definition) is 5. The van der Waals surface area contributed by atoms with Gasteiger partial charge >= 0.3 is 5.97 Å². The fourth-order valence-electron chi connectivity index (χ4n) is 5.55. The molecule has 0 bridgehead atoms. The van der Waals surface area contributed by atoms with E-state index in [-0.39, 0.29) is 18.2 Å². The zero-order chi connectivity index (χ0) is 30.6. The second-order valence-electron chi connectivity index (χ2n) is 11.2. The molecule has 0 saturated carbocycles. The van der Waals surface area contributed by atoms with Gasteiger partial charge in [-0.15, -0.1) is 0 Å². The summed E-state index contributed by atoms with van der Waals surface area (Å²) in [6.07, 6.45) is 1.15. The van der Waals surface area contributed by atoms with E-state index in [1.54, 1.807) is 20.8 Å². The van der Waals surface area contributed by atoms with Gasteiger partial charge in [0.15, 0.2) is 0 Å². The third-order valence-corrected chi connectivity index (χ3v) is 7.81. The van der Waals surface area contributed by atoms with Gasteiger partial charge in [-0.25, -0.2) is 4.79 Å². The van der Waals surface area contributed by atoms with Gasteiger partial charge in [0.25, 0.3) is 0 Å². The molecule has 3 aromatic rings. The molecule has 4 atom stereocenters. The first-order valence-corrected chi connectivity index (χ1v) is 14.4. The number of carbonyl (C=O) groups excluding carboxylic acids is 4. The number of aryl methyl sites for hydroxylation is 1. The summed E-state index contributed by atoms with van der Waals surface area (Å²) in [6, 6.07) is 12.3. The van der Waals surface area contributed by atoms with Crippen LogP contribution in [0.25, 0.3) is 21.8 Å². The topological polar surface area (TPSA) is 150 Å². The molecular weight excluding hydrogens is 538 g/mol. The molecule has 2 heterocycles. The molecule has 0 aliphatic carbocycles. The van der Waals surface area contributed by atoms with Crippen molar-refractivity contribution in [3.8, 4) is 0 Å². The van der Waals surface area contributed by atoms with Gasteiger partial charge in [-0.3, -0.25) is 19.2 Å². The maximum absolute atomic E-state index is 13.2. The average Bonchev–Trinajstić information content (AvgIpc) is 3.57. The maximum Gasteiger partial charge on any atom is 0.326 e. The third kappa shape index (κ3) is 6.56. The molecule has 4 N–H and O–H groups in total. The molecule has 2 aromatic carbocycles. The highest BCUT2D eigenvalue weighted by Gasteiger charge is 2.38. The van der Waals surface area contributed by atoms with Crippen LogP contribution in [0.15, 0.2) is 48.5 Å². The highest BCUT2D eigenvalue weighted by Crippen LogP contribution is 2.28. The van der Waals surface area contributed by atoms with Crippen LogP contribution < -0.4 is 16.0 Å². The average molecular weight is 578 g/mol. The molecule has 1 aliphatic heterocycles. The number of nitrogens with one attached hydrogen (secondary N) is 3. The molecule has 224 valence electrons. The Balaban J connectivity index is 1.31. The van der Waals surface area contributed by atoms with Crippen molar-refractivity contribution >= 4 is 51.4 Å². The number of benzene rings is 2. The van der Waals surface area contributed by atoms with Crippen molar-refractivity contribution in [1.29, 1.82) is 0 Å². The molecule has 11 heteroatoms. The Morgan fingerprint density at radius 3 is 2.02 bits per heavy atom. The van der Waals surface area contributed by atoms with E-state index < -0.39 is 47.9 Å². The predicted molar refractivity (Wildman–Crippen MR) is 158 cm³/mol. The maximum atomic E-state index is 13.2. The summed E-state index contributed by atoms with van der Waals surface area (Å²) in [6.45, 7) is 7.22. The molecule has 0 spiro atoms. The fourth-order valence-corrected chi connectivity index (χ4v) is 5.55. The first kappa shape index (κ1) is 30.5. The number of hydrogen-bond donors (Lipinski definition) is 4. The monoisotopic (exact) mass is 577 g/mol. The van der Waals surface area contributed by atoms with Gasteiger partial charge in [0.2, 0.25) is 23.6 Å². The van der Waals surface area contributed by atoms with Gasteiger partial charge in [-0.2, -0.15) is 0 Å². The predicted octanol–water partition coefficient (Wildman–Crippen LogP) is 2.41. The number of fused-ring (bicyclic) bond motifs is 3. The summed E-state index contributed by atoms with van der Waals surface area (Å²) >= 11 is 0. The lowest BCUT2D eigenvalue weighted by Gasteiger charge is -2.29. The van der Waals surface area contributed by atoms with E-state index in [1.807, 2.05) is 36.4 Å². The quantitative estimate of drug-likeness (QED) is 0.275. The zero-order valence-electron chi connectivity index (χ0n) is 24.4. The highest BCUT2D eigenvalue weighted by molar-refractivity contribution is 6.08. The van der Waals surface area contributed by atoms with Crippen LogP contribution in [0.2, 0.25) is 0 Å². The second kappa shape index (κ2) is 13.1. The standard InChI is InChI=1S/C31H39N5O6/c1-18(2)27(31(41)42)34-29(39)25-14-9-16-36(25)30(40)20(4)33-28(38)19(3)32-26(37)15-17-35-23-12-7-5-10-21(23)22-11-6-8-13-24(22)35/h5-8,10-13,18-20,25,27H,9,14-17H2,1-4H3,(H,32,37)(H,33,38)(H,34,39)(H,41,42)/t19-,20-,25+,27-/m0/s1. The molecule has 4 amide bonds. The number of nitrogens with zero attached hydrogens (tertiary/aromatic N) is 2. The number of rotatable bonds is 11. The number of aliphatic carboxylic acids is 1. The van der Waals surface area contributed by atoms with Crippen molar-refractivity contribution in [3.63, 3.8) is 0 Å². The molecule has 4 rings (SSSR count). The molecular formula is C31H39N5O6. The molecule has 1 aliphatic rings. The van der Waals surface area contributed by atoms with Gasteiger partial charge in [-0.05, 0) is 44.7 Å². The molecule has 42 heavy (non-hydrogen) atoms. The normalized spacial score (nSPS) is 17.2. The summed E-state index contributed by atoms with van der Waals surface area (Å²) in [5, 5.41) is 19.5. The van der Waals surface area contributed by atoms with Gasteiger partial charge in [0, 0.05) is 41.3 Å². The summed E-state index contributed by atoms with van der Waals surface area (Å²) < 4.78 is 2.10. The van der Waals surface area contributed by atoms with Crippen LogP contribution in [0.1, 0.15) is 47.0 Å². The first-order chi connectivity index (χ1) is 20.0. The molecule has 1 saturated heterocycles. The summed E-state index contributed by atoms with van der Waals surface area (Å²) in [5.74, 6) is -3.25. The zero-order valence-corrected chi connectivity index (χ0v) is 24.4. The van der Waals surface area contributed by atoms with Crippen molar-refractivity contribution in [1.82, 2.24) is 25.4 Å². The lowest BCUT2D eigenvalue weighted by atomic mass is 10.0. The van der Waals surface area contributed by atoms with Crippen molar-refractivity contribution in [2.24, 2.45) is 5.92 Å². The molecule has 1 aromatic heterocycles. The van der Waals surface area contributed by atoms with E-state index in [2.05, 4.69) is 32.7 Å². The van der Waals surface area contributed by atoms with Crippen LogP contribution in [0.5, 0.6) is 0 Å². The smallest absolute Gasteiger partial charge is 0.326 e. The number of likely N-dealkylation sites (tertiary alicyclic amines) is 1. The minimum Gasteiger partial charge on any atom is -0.480 e. The number of carboxylic acid groups (broad SMARTS) is 1. The highest BCUT2D eigenvalue weighted by atomic mass is 16.4. The minimum absolute atomic E-state index is 0.160. The third-order valence-electron chi connectivity index (χ3n) is 7.81. The summed E-state index contributed by atoms with van der Waals surface area (Å²) in [4.78, 5) is 64.5. The molecule has 0 radical (unpaired) electrons. The molecule has 0 unspecified atom stereocenters. The second-order valence-corrected chi connectivity index (χ2v) is 11.2. The SMILES string of the molecule is CC(C)[C@H](NC(=O)[C@H]1CCCN1C(=O)[C@H](C)NC(=O)[C@H](C)NC(=O)CCn1c2ccccc2c2ccccc21)C(=O)O. The summed E-state index contributed by atoms with van der Waals surface area (Å²) in [5.41, 5.74) is 2.06. The van der Waals surface area contributed by atoms with Gasteiger partial charge in [0.05, 0.1) is 0 Å². The Hall–Kier alpha value is -4.41. The van der Waals surface area contributed by atoms with Crippen molar-refractivity contribution in [3.05, 3.63) is 48.5 Å². The number of aromatic nitrogens is 1. The molecule has 1 fully saturated rings. The Bertz CT molecular complexity index is 1440.